The molecule has 0 fully saturated rings. The minimum Gasteiger partial charge on any atom is -0.309 e. The van der Waals surface area contributed by atoms with Crippen molar-refractivity contribution in [1.82, 2.24) is 0 Å². The summed E-state index contributed by atoms with van der Waals surface area (Å²) in [6.45, 7) is 4.84. The van der Waals surface area contributed by atoms with E-state index in [9.17, 15) is 0 Å². The molecule has 0 spiro atoms. The zero-order valence-electron chi connectivity index (χ0n) is 40.6. The van der Waals surface area contributed by atoms with Gasteiger partial charge in [-0.2, -0.15) is 0 Å². The minimum atomic E-state index is -0.331. The van der Waals surface area contributed by atoms with E-state index in [2.05, 4.69) is 278 Å². The number of rotatable bonds is 6. The smallest absolute Gasteiger partial charge is 0.0540 e. The number of hydrogen-bond acceptors (Lipinski definition) is 2. The molecule has 0 radical (unpaired) electrons. The van der Waals surface area contributed by atoms with E-state index in [4.69, 9.17) is 0 Å². The van der Waals surface area contributed by atoms with Crippen LogP contribution in [0, 0.1) is 0 Å². The summed E-state index contributed by atoms with van der Waals surface area (Å²) in [5, 5.41) is 19.9. The SMILES string of the molecule is CC1(C)c2cc(N(c3cccc4c3ccc3ccccc34)c3cccc4c3ccc3ccccc34)ccc2-c2ccc(N(c3cccc4c3ccc3ccccc34)c3cccc4c3ccc3ccccc34)cc21. The molecule has 0 bridgehead atoms. The predicted molar refractivity (Wildman–Crippen MR) is 313 cm³/mol. The van der Waals surface area contributed by atoms with Gasteiger partial charge >= 0.3 is 0 Å². The van der Waals surface area contributed by atoms with E-state index in [-0.39, 0.29) is 5.41 Å². The molecule has 14 aromatic carbocycles. The summed E-state index contributed by atoms with van der Waals surface area (Å²) >= 11 is 0. The Kier molecular flexibility index (Phi) is 9.04. The Bertz CT molecular complexity index is 4090. The fourth-order valence-corrected chi connectivity index (χ4v) is 12.7. The van der Waals surface area contributed by atoms with Crippen LogP contribution < -0.4 is 9.80 Å². The van der Waals surface area contributed by atoms with Crippen LogP contribution in [0.25, 0.3) is 97.3 Å². The average Bonchev–Trinajstić information content (AvgIpc) is 3.67. The third kappa shape index (κ3) is 6.24. The van der Waals surface area contributed by atoms with Crippen molar-refractivity contribution >= 4 is 120 Å². The molecule has 0 heterocycles. The van der Waals surface area contributed by atoms with Crippen molar-refractivity contribution in [3.63, 3.8) is 0 Å². The number of anilines is 6. The van der Waals surface area contributed by atoms with Gasteiger partial charge in [0.1, 0.15) is 0 Å². The second-order valence-corrected chi connectivity index (χ2v) is 20.4. The van der Waals surface area contributed by atoms with Crippen LogP contribution in [0.5, 0.6) is 0 Å². The van der Waals surface area contributed by atoms with Crippen LogP contribution in [-0.2, 0) is 5.41 Å². The van der Waals surface area contributed by atoms with Gasteiger partial charge < -0.3 is 9.80 Å². The Morgan fingerprint density at radius 1 is 0.233 bits per heavy atom. The summed E-state index contributed by atoms with van der Waals surface area (Å²) < 4.78 is 0. The molecule has 15 rings (SSSR count). The quantitative estimate of drug-likeness (QED) is 0.153. The Labute approximate surface area is 424 Å². The van der Waals surface area contributed by atoms with Crippen LogP contribution in [0.1, 0.15) is 25.0 Å². The Morgan fingerprint density at radius 2 is 0.507 bits per heavy atom. The standard InChI is InChI=1S/C71H48N2/c1-71(2)65-43-49(72(67-27-11-23-55-51-19-7-3-15-45(51)31-37-61(55)67)68-28-12-24-56-52-20-8-4-16-46(52)32-38-62(56)68)35-41-59(65)60-42-36-50(44-66(60)71)73(69-29-13-25-57-53-21-9-5-17-47(53)33-39-63(57)69)70-30-14-26-58-54-22-10-6-18-48(54)34-40-64(58)70/h3-44H,1-2H3. The van der Waals surface area contributed by atoms with Crippen molar-refractivity contribution in [3.8, 4) is 11.1 Å². The average molecular weight is 929 g/mol. The van der Waals surface area contributed by atoms with E-state index in [1.807, 2.05) is 0 Å². The van der Waals surface area contributed by atoms with Crippen molar-refractivity contribution in [1.29, 1.82) is 0 Å². The third-order valence-electron chi connectivity index (χ3n) is 16.2. The van der Waals surface area contributed by atoms with Crippen molar-refractivity contribution in [2.24, 2.45) is 0 Å². The molecule has 0 amide bonds. The number of hydrogen-bond donors (Lipinski definition) is 0. The van der Waals surface area contributed by atoms with Gasteiger partial charge in [-0.05, 0) is 135 Å². The Morgan fingerprint density at radius 3 is 0.808 bits per heavy atom. The molecule has 0 N–H and O–H groups in total. The van der Waals surface area contributed by atoms with Gasteiger partial charge in [0.05, 0.1) is 22.7 Å². The first-order valence-corrected chi connectivity index (χ1v) is 25.5. The van der Waals surface area contributed by atoms with Crippen molar-refractivity contribution in [3.05, 3.63) is 266 Å². The highest BCUT2D eigenvalue weighted by Crippen LogP contribution is 2.54. The summed E-state index contributed by atoms with van der Waals surface area (Å²) in [6.07, 6.45) is 0. The highest BCUT2D eigenvalue weighted by atomic mass is 15.2. The molecule has 0 unspecified atom stereocenters. The van der Waals surface area contributed by atoms with E-state index in [1.165, 1.54) is 108 Å². The molecule has 0 saturated carbocycles. The molecule has 0 aliphatic heterocycles. The molecule has 14 aromatic rings. The summed E-state index contributed by atoms with van der Waals surface area (Å²) in [4.78, 5) is 5.05. The van der Waals surface area contributed by atoms with Crippen LogP contribution in [0.3, 0.4) is 0 Å². The monoisotopic (exact) mass is 928 g/mol. The first kappa shape index (κ1) is 41.5. The van der Waals surface area contributed by atoms with Gasteiger partial charge in [0.2, 0.25) is 0 Å². The van der Waals surface area contributed by atoms with Gasteiger partial charge in [-0.15, -0.1) is 0 Å². The Balaban J connectivity index is 0.931. The zero-order chi connectivity index (χ0) is 48.4. The van der Waals surface area contributed by atoms with E-state index < -0.39 is 0 Å². The fourth-order valence-electron chi connectivity index (χ4n) is 12.7. The van der Waals surface area contributed by atoms with Gasteiger partial charge in [0.25, 0.3) is 0 Å². The molecule has 0 aromatic heterocycles. The van der Waals surface area contributed by atoms with Crippen LogP contribution >= 0.6 is 0 Å². The molecule has 73 heavy (non-hydrogen) atoms. The van der Waals surface area contributed by atoms with Crippen LogP contribution in [-0.4, -0.2) is 0 Å². The van der Waals surface area contributed by atoms with Gasteiger partial charge in [0, 0.05) is 38.3 Å². The molecule has 1 aliphatic carbocycles. The van der Waals surface area contributed by atoms with Crippen molar-refractivity contribution in [2.45, 2.75) is 19.3 Å². The maximum absolute atomic E-state index is 2.52. The van der Waals surface area contributed by atoms with E-state index in [0.717, 1.165) is 34.1 Å². The lowest BCUT2D eigenvalue weighted by Gasteiger charge is -2.31. The second kappa shape index (κ2) is 15.9. The van der Waals surface area contributed by atoms with E-state index >= 15 is 0 Å². The summed E-state index contributed by atoms with van der Waals surface area (Å²) in [7, 11) is 0. The van der Waals surface area contributed by atoms with Crippen LogP contribution in [0.4, 0.5) is 34.1 Å². The van der Waals surface area contributed by atoms with Crippen LogP contribution in [0.15, 0.2) is 255 Å². The normalized spacial score (nSPS) is 12.9. The summed E-state index contributed by atoms with van der Waals surface area (Å²) in [6, 6.07) is 95.1. The summed E-state index contributed by atoms with van der Waals surface area (Å²) in [5.41, 5.74) is 11.7. The number of fused-ring (bicyclic) bond motifs is 15. The van der Waals surface area contributed by atoms with Gasteiger partial charge in [-0.25, -0.2) is 0 Å². The van der Waals surface area contributed by atoms with E-state index in [1.54, 1.807) is 0 Å². The first-order valence-electron chi connectivity index (χ1n) is 25.5. The first-order chi connectivity index (χ1) is 36.0. The molecule has 2 nitrogen and oxygen atoms in total. The maximum Gasteiger partial charge on any atom is 0.0540 e. The molecule has 2 heteroatoms. The molecule has 0 saturated heterocycles. The lowest BCUT2D eigenvalue weighted by atomic mass is 9.82. The number of nitrogens with zero attached hydrogens (tertiary/aromatic N) is 2. The largest absolute Gasteiger partial charge is 0.309 e. The van der Waals surface area contributed by atoms with Gasteiger partial charge in [-0.1, -0.05) is 220 Å². The lowest BCUT2D eigenvalue weighted by Crippen LogP contribution is -2.18. The molecular weight excluding hydrogens is 881 g/mol. The minimum absolute atomic E-state index is 0.331. The number of benzene rings is 14. The molecule has 342 valence electrons. The molecular formula is C71H48N2. The summed E-state index contributed by atoms with van der Waals surface area (Å²) in [5.74, 6) is 0. The second-order valence-electron chi connectivity index (χ2n) is 20.4. The topological polar surface area (TPSA) is 6.48 Å². The van der Waals surface area contributed by atoms with Gasteiger partial charge in [0.15, 0.2) is 0 Å². The van der Waals surface area contributed by atoms with Crippen LogP contribution in [0.2, 0.25) is 0 Å². The van der Waals surface area contributed by atoms with Gasteiger partial charge in [-0.3, -0.25) is 0 Å². The van der Waals surface area contributed by atoms with E-state index in [0.29, 0.717) is 0 Å². The zero-order valence-corrected chi connectivity index (χ0v) is 40.6. The highest BCUT2D eigenvalue weighted by molar-refractivity contribution is 6.18. The fraction of sp³-hybridized carbons (Fsp3) is 0.0423. The lowest BCUT2D eigenvalue weighted by molar-refractivity contribution is 0.660. The molecule has 0 atom stereocenters. The molecule has 1 aliphatic rings. The third-order valence-corrected chi connectivity index (χ3v) is 16.2. The maximum atomic E-state index is 2.52. The van der Waals surface area contributed by atoms with Crippen molar-refractivity contribution in [2.75, 3.05) is 9.80 Å². The Hall–Kier alpha value is -9.24. The predicted octanol–water partition coefficient (Wildman–Crippen LogP) is 20.2. The van der Waals surface area contributed by atoms with Crippen molar-refractivity contribution < 1.29 is 0 Å². The highest BCUT2D eigenvalue weighted by Gasteiger charge is 2.37.